The number of anilines is 1. The summed E-state index contributed by atoms with van der Waals surface area (Å²) in [6.45, 7) is 2.45. The van der Waals surface area contributed by atoms with Crippen LogP contribution in [-0.2, 0) is 0 Å². The molecule has 1 aromatic carbocycles. The summed E-state index contributed by atoms with van der Waals surface area (Å²) in [5, 5.41) is 13.7. The first-order valence-electron chi connectivity index (χ1n) is 8.53. The van der Waals surface area contributed by atoms with Crippen molar-refractivity contribution < 1.29 is 19.2 Å². The van der Waals surface area contributed by atoms with Gasteiger partial charge in [-0.3, -0.25) is 4.79 Å². The van der Waals surface area contributed by atoms with Crippen LogP contribution in [0.3, 0.4) is 0 Å². The minimum atomic E-state index is -0.441. The molecule has 25 heavy (non-hydrogen) atoms. The van der Waals surface area contributed by atoms with Crippen LogP contribution in [-0.4, -0.2) is 60.5 Å². The Hall–Kier alpha value is -2.54. The van der Waals surface area contributed by atoms with Crippen molar-refractivity contribution in [3.8, 4) is 17.1 Å². The van der Waals surface area contributed by atoms with Gasteiger partial charge in [0.15, 0.2) is 11.6 Å². The van der Waals surface area contributed by atoms with Crippen LogP contribution in [0, 0.1) is 0 Å². The van der Waals surface area contributed by atoms with Crippen molar-refractivity contribution in [2.75, 3.05) is 38.2 Å². The number of carbonyl (C=O) groups is 1. The molecule has 1 N–H and O–H groups in total. The molecule has 3 heterocycles. The van der Waals surface area contributed by atoms with Gasteiger partial charge in [-0.25, -0.2) is 0 Å². The number of amides is 1. The first kappa shape index (κ1) is 16.0. The van der Waals surface area contributed by atoms with Crippen molar-refractivity contribution in [2.24, 2.45) is 0 Å². The fourth-order valence-corrected chi connectivity index (χ4v) is 3.34. The molecule has 2 aromatic rings. The Morgan fingerprint density at radius 1 is 1.24 bits per heavy atom. The molecule has 0 saturated carbocycles. The minimum Gasteiger partial charge on any atom is -0.497 e. The zero-order valence-electron chi connectivity index (χ0n) is 14.1. The van der Waals surface area contributed by atoms with Gasteiger partial charge in [0.05, 0.1) is 13.2 Å². The number of hydrogen-bond donors (Lipinski definition) is 1. The van der Waals surface area contributed by atoms with Crippen LogP contribution in [0.2, 0.25) is 0 Å². The van der Waals surface area contributed by atoms with Crippen molar-refractivity contribution in [2.45, 2.75) is 18.9 Å². The van der Waals surface area contributed by atoms with Gasteiger partial charge in [-0.05, 0) is 37.1 Å². The molecule has 2 aliphatic heterocycles. The quantitative estimate of drug-likeness (QED) is 0.911. The molecule has 0 spiro atoms. The number of likely N-dealkylation sites (tertiary alicyclic amines) is 1. The van der Waals surface area contributed by atoms with Crippen LogP contribution in [0.15, 0.2) is 28.8 Å². The monoisotopic (exact) mass is 343 g/mol. The Morgan fingerprint density at radius 3 is 2.52 bits per heavy atom. The van der Waals surface area contributed by atoms with Gasteiger partial charge in [-0.15, -0.1) is 0 Å². The molecule has 1 aromatic heterocycles. The molecule has 2 fully saturated rings. The Kier molecular flexibility index (Phi) is 4.09. The number of aliphatic hydroxyl groups excluding tert-OH is 1. The number of methoxy groups -OCH3 is 1. The average Bonchev–Trinajstić information content (AvgIpc) is 3.27. The van der Waals surface area contributed by atoms with E-state index in [1.54, 1.807) is 12.0 Å². The molecule has 2 aliphatic rings. The molecule has 132 valence electrons. The highest BCUT2D eigenvalue weighted by atomic mass is 16.5. The van der Waals surface area contributed by atoms with Crippen LogP contribution in [0.4, 0.5) is 5.82 Å². The minimum absolute atomic E-state index is 0.140. The Balaban J connectivity index is 1.73. The topological polar surface area (TPSA) is 79.0 Å². The van der Waals surface area contributed by atoms with Crippen LogP contribution in [0.1, 0.15) is 23.2 Å². The summed E-state index contributed by atoms with van der Waals surface area (Å²) in [6, 6.07) is 7.37. The van der Waals surface area contributed by atoms with E-state index in [9.17, 15) is 9.90 Å². The van der Waals surface area contributed by atoms with E-state index in [1.807, 2.05) is 24.3 Å². The van der Waals surface area contributed by atoms with Gasteiger partial charge in [0.2, 0.25) is 0 Å². The number of nitrogens with zero attached hydrogens (tertiary/aromatic N) is 3. The van der Waals surface area contributed by atoms with Crippen LogP contribution >= 0.6 is 0 Å². The molecule has 7 nitrogen and oxygen atoms in total. The highest BCUT2D eigenvalue weighted by molar-refractivity contribution is 6.04. The fourth-order valence-electron chi connectivity index (χ4n) is 3.34. The normalized spacial score (nSPS) is 17.7. The molecule has 0 radical (unpaired) electrons. The largest absolute Gasteiger partial charge is 0.497 e. The van der Waals surface area contributed by atoms with Gasteiger partial charge in [0, 0.05) is 31.7 Å². The molecule has 0 bridgehead atoms. The number of β-amino-alcohol motifs (C(OH)–C–C–N with tert-alkyl or cyclic N) is 1. The predicted octanol–water partition coefficient (Wildman–Crippen LogP) is 1.77. The summed E-state index contributed by atoms with van der Waals surface area (Å²) < 4.78 is 10.8. The molecule has 4 rings (SSSR count). The maximum Gasteiger partial charge on any atom is 0.261 e. The lowest BCUT2D eigenvalue weighted by Gasteiger charge is -2.36. The Labute approximate surface area is 145 Å². The molecule has 0 aliphatic carbocycles. The molecular formula is C18H21N3O4. The number of ether oxygens (including phenoxy) is 1. The molecule has 7 heteroatoms. The van der Waals surface area contributed by atoms with Gasteiger partial charge in [0.25, 0.3) is 5.91 Å². The number of aliphatic hydroxyl groups is 1. The predicted molar refractivity (Wildman–Crippen MR) is 91.8 cm³/mol. The fraction of sp³-hybridized carbons (Fsp3) is 0.444. The van der Waals surface area contributed by atoms with Crippen molar-refractivity contribution in [3.63, 3.8) is 0 Å². The Morgan fingerprint density at radius 2 is 1.92 bits per heavy atom. The summed E-state index contributed by atoms with van der Waals surface area (Å²) in [6.07, 6.45) is 1.73. The molecular weight excluding hydrogens is 322 g/mol. The smallest absolute Gasteiger partial charge is 0.261 e. The van der Waals surface area contributed by atoms with E-state index in [2.05, 4.69) is 10.1 Å². The third-order valence-electron chi connectivity index (χ3n) is 4.80. The zero-order chi connectivity index (χ0) is 17.4. The second kappa shape index (κ2) is 6.40. The van der Waals surface area contributed by atoms with E-state index in [4.69, 9.17) is 9.26 Å². The van der Waals surface area contributed by atoms with Crippen LogP contribution in [0.25, 0.3) is 11.3 Å². The highest BCUT2D eigenvalue weighted by Crippen LogP contribution is 2.35. The summed E-state index contributed by atoms with van der Waals surface area (Å²) >= 11 is 0. The molecule has 1 amide bonds. The lowest BCUT2D eigenvalue weighted by molar-refractivity contribution is 0.00595. The number of benzene rings is 1. The standard InChI is InChI=1S/C18H21N3O4/c1-24-14-6-4-12(5-7-14)16-15(18(23)21-10-13(22)11-21)17(19-25-16)20-8-2-3-9-20/h4-7,13,22H,2-3,8-11H2,1H3. The highest BCUT2D eigenvalue weighted by Gasteiger charge is 2.36. The summed E-state index contributed by atoms with van der Waals surface area (Å²) in [4.78, 5) is 16.7. The summed E-state index contributed by atoms with van der Waals surface area (Å²) in [5.74, 6) is 1.67. The van der Waals surface area contributed by atoms with Crippen LogP contribution in [0.5, 0.6) is 5.75 Å². The zero-order valence-corrected chi connectivity index (χ0v) is 14.1. The maximum atomic E-state index is 13.0. The van der Waals surface area contributed by atoms with Crippen LogP contribution < -0.4 is 9.64 Å². The van der Waals surface area contributed by atoms with E-state index in [1.165, 1.54) is 0 Å². The van der Waals surface area contributed by atoms with E-state index >= 15 is 0 Å². The first-order valence-corrected chi connectivity index (χ1v) is 8.53. The van der Waals surface area contributed by atoms with Gasteiger partial charge in [0.1, 0.15) is 11.3 Å². The molecule has 2 saturated heterocycles. The van der Waals surface area contributed by atoms with Crippen molar-refractivity contribution in [1.82, 2.24) is 10.1 Å². The summed E-state index contributed by atoms with van der Waals surface area (Å²) in [5.41, 5.74) is 1.27. The summed E-state index contributed by atoms with van der Waals surface area (Å²) in [7, 11) is 1.61. The number of aromatic nitrogens is 1. The third-order valence-corrected chi connectivity index (χ3v) is 4.80. The van der Waals surface area contributed by atoms with Gasteiger partial charge < -0.3 is 24.2 Å². The van der Waals surface area contributed by atoms with E-state index in [-0.39, 0.29) is 5.91 Å². The third kappa shape index (κ3) is 2.84. The number of hydrogen-bond acceptors (Lipinski definition) is 6. The first-order chi connectivity index (χ1) is 12.2. The second-order valence-electron chi connectivity index (χ2n) is 6.50. The lowest BCUT2D eigenvalue weighted by atomic mass is 10.0. The molecule has 0 unspecified atom stereocenters. The van der Waals surface area contributed by atoms with Gasteiger partial charge in [-0.2, -0.15) is 0 Å². The Bertz CT molecular complexity index is 759. The van der Waals surface area contributed by atoms with E-state index in [0.29, 0.717) is 30.2 Å². The van der Waals surface area contributed by atoms with Gasteiger partial charge in [-0.1, -0.05) is 5.16 Å². The molecule has 0 atom stereocenters. The maximum absolute atomic E-state index is 13.0. The van der Waals surface area contributed by atoms with E-state index in [0.717, 1.165) is 37.2 Å². The average molecular weight is 343 g/mol. The second-order valence-corrected chi connectivity index (χ2v) is 6.50. The number of rotatable bonds is 4. The van der Waals surface area contributed by atoms with Crippen molar-refractivity contribution in [3.05, 3.63) is 29.8 Å². The SMILES string of the molecule is COc1ccc(-c2onc(N3CCCC3)c2C(=O)N2CC(O)C2)cc1. The van der Waals surface area contributed by atoms with Crippen molar-refractivity contribution >= 4 is 11.7 Å². The lowest BCUT2D eigenvalue weighted by Crippen LogP contribution is -2.53. The van der Waals surface area contributed by atoms with E-state index < -0.39 is 6.10 Å². The van der Waals surface area contributed by atoms with Gasteiger partial charge >= 0.3 is 0 Å². The number of carbonyl (C=O) groups excluding carboxylic acids is 1. The van der Waals surface area contributed by atoms with Crippen molar-refractivity contribution in [1.29, 1.82) is 0 Å².